The maximum Gasteiger partial charge on any atom is 0.307 e. The van der Waals surface area contributed by atoms with Crippen LogP contribution in [0.4, 0.5) is 5.88 Å². The average Bonchev–Trinajstić information content (AvgIpc) is 2.98. The molecule has 100 valence electrons. The molecule has 2 aromatic heterocycles. The summed E-state index contributed by atoms with van der Waals surface area (Å²) in [7, 11) is 3.75. The lowest BCUT2D eigenvalue weighted by molar-refractivity contribution is 0.0926. The van der Waals surface area contributed by atoms with Crippen molar-refractivity contribution >= 4 is 18.0 Å². The lowest BCUT2D eigenvalue weighted by atomic mass is 10.4. The van der Waals surface area contributed by atoms with E-state index in [9.17, 15) is 4.79 Å². The Morgan fingerprint density at radius 2 is 2.05 bits per heavy atom. The summed E-state index contributed by atoms with van der Waals surface area (Å²) in [5.74, 6) is 1.77. The molecule has 6 nitrogen and oxygen atoms in total. The van der Waals surface area contributed by atoms with Crippen LogP contribution in [-0.2, 0) is 0 Å². The van der Waals surface area contributed by atoms with E-state index in [1.807, 2.05) is 25.1 Å². The zero-order valence-corrected chi connectivity index (χ0v) is 11.0. The van der Waals surface area contributed by atoms with Gasteiger partial charge in [-0.25, -0.2) is 5.43 Å². The molecular formula is C13H15N3O3. The summed E-state index contributed by atoms with van der Waals surface area (Å²) in [5, 5.41) is 3.80. The SMILES string of the molecule is Cc1ccc(C(=O)N/N=C/c2ccc(N(C)C)o2)o1. The molecule has 0 radical (unpaired) electrons. The Balaban J connectivity index is 1.94. The molecular weight excluding hydrogens is 246 g/mol. The van der Waals surface area contributed by atoms with Crippen molar-refractivity contribution in [1.29, 1.82) is 0 Å². The van der Waals surface area contributed by atoms with Crippen LogP contribution in [0.5, 0.6) is 0 Å². The van der Waals surface area contributed by atoms with Gasteiger partial charge >= 0.3 is 5.91 Å². The van der Waals surface area contributed by atoms with Gasteiger partial charge in [-0.15, -0.1) is 0 Å². The molecule has 1 amide bonds. The molecule has 6 heteroatoms. The molecule has 0 bridgehead atoms. The van der Waals surface area contributed by atoms with Crippen molar-refractivity contribution in [1.82, 2.24) is 5.43 Å². The van der Waals surface area contributed by atoms with E-state index in [-0.39, 0.29) is 5.76 Å². The minimum Gasteiger partial charge on any atom is -0.456 e. The normalized spacial score (nSPS) is 10.9. The van der Waals surface area contributed by atoms with Crippen LogP contribution in [0.3, 0.4) is 0 Å². The monoisotopic (exact) mass is 261 g/mol. The Morgan fingerprint density at radius 1 is 1.26 bits per heavy atom. The van der Waals surface area contributed by atoms with Gasteiger partial charge in [0, 0.05) is 20.2 Å². The molecule has 2 aromatic rings. The van der Waals surface area contributed by atoms with E-state index in [2.05, 4.69) is 10.5 Å². The highest BCUT2D eigenvalue weighted by Crippen LogP contribution is 2.14. The van der Waals surface area contributed by atoms with Crippen molar-refractivity contribution in [3.05, 3.63) is 41.5 Å². The standard InChI is InChI=1S/C13H15N3O3/c1-9-4-6-11(18-9)13(17)15-14-8-10-5-7-12(19-10)16(2)3/h4-8H,1-3H3,(H,15,17)/b14-8+. The quantitative estimate of drug-likeness (QED) is 0.675. The molecule has 1 N–H and O–H groups in total. The Bertz CT molecular complexity index is 596. The number of hydrogen-bond acceptors (Lipinski definition) is 5. The summed E-state index contributed by atoms with van der Waals surface area (Å²) in [6.07, 6.45) is 1.43. The molecule has 0 aliphatic carbocycles. The topological polar surface area (TPSA) is 71.0 Å². The number of anilines is 1. The number of hydrogen-bond donors (Lipinski definition) is 1. The zero-order valence-electron chi connectivity index (χ0n) is 11.0. The van der Waals surface area contributed by atoms with Gasteiger partial charge in [0.25, 0.3) is 0 Å². The number of amides is 1. The largest absolute Gasteiger partial charge is 0.456 e. The highest BCUT2D eigenvalue weighted by molar-refractivity contribution is 5.92. The third-order valence-corrected chi connectivity index (χ3v) is 2.38. The fraction of sp³-hybridized carbons (Fsp3) is 0.231. The molecule has 0 unspecified atom stereocenters. The van der Waals surface area contributed by atoms with Crippen LogP contribution in [0.25, 0.3) is 0 Å². The number of furan rings is 2. The number of nitrogens with zero attached hydrogens (tertiary/aromatic N) is 2. The second kappa shape index (κ2) is 5.43. The van der Waals surface area contributed by atoms with Gasteiger partial charge in [-0.3, -0.25) is 4.79 Å². The Kier molecular flexibility index (Phi) is 3.70. The maximum atomic E-state index is 11.6. The predicted octanol–water partition coefficient (Wildman–Crippen LogP) is 2.01. The van der Waals surface area contributed by atoms with E-state index in [1.54, 1.807) is 25.1 Å². The summed E-state index contributed by atoms with van der Waals surface area (Å²) in [6.45, 7) is 1.77. The third-order valence-electron chi connectivity index (χ3n) is 2.38. The lowest BCUT2D eigenvalue weighted by Gasteiger charge is -2.05. The number of nitrogens with one attached hydrogen (secondary N) is 1. The second-order valence-electron chi connectivity index (χ2n) is 4.18. The van der Waals surface area contributed by atoms with Crippen molar-refractivity contribution in [2.75, 3.05) is 19.0 Å². The minimum absolute atomic E-state index is 0.225. The predicted molar refractivity (Wildman–Crippen MR) is 71.5 cm³/mol. The summed E-state index contributed by atoms with van der Waals surface area (Å²) in [4.78, 5) is 13.4. The summed E-state index contributed by atoms with van der Waals surface area (Å²) >= 11 is 0. The van der Waals surface area contributed by atoms with Gasteiger partial charge < -0.3 is 13.7 Å². The fourth-order valence-corrected chi connectivity index (χ4v) is 1.42. The Hall–Kier alpha value is -2.50. The maximum absolute atomic E-state index is 11.6. The Morgan fingerprint density at radius 3 is 2.63 bits per heavy atom. The number of hydrazone groups is 1. The highest BCUT2D eigenvalue weighted by Gasteiger charge is 2.08. The summed E-state index contributed by atoms with van der Waals surface area (Å²) in [5.41, 5.74) is 2.36. The summed E-state index contributed by atoms with van der Waals surface area (Å²) < 4.78 is 10.6. The number of carbonyl (C=O) groups is 1. The molecule has 0 aromatic carbocycles. The average molecular weight is 261 g/mol. The summed E-state index contributed by atoms with van der Waals surface area (Å²) in [6, 6.07) is 6.90. The van der Waals surface area contributed by atoms with Crippen LogP contribution in [0.1, 0.15) is 22.1 Å². The van der Waals surface area contributed by atoms with Crippen LogP contribution in [0.15, 0.2) is 38.2 Å². The second-order valence-corrected chi connectivity index (χ2v) is 4.18. The zero-order chi connectivity index (χ0) is 13.8. The number of carbonyl (C=O) groups excluding carboxylic acids is 1. The molecule has 2 rings (SSSR count). The van der Waals surface area contributed by atoms with Crippen LogP contribution in [0.2, 0.25) is 0 Å². The van der Waals surface area contributed by atoms with Crippen molar-refractivity contribution in [2.45, 2.75) is 6.92 Å². The first kappa shape index (κ1) is 12.9. The third kappa shape index (κ3) is 3.25. The first-order valence-corrected chi connectivity index (χ1v) is 5.73. The molecule has 0 saturated heterocycles. The van der Waals surface area contributed by atoms with E-state index < -0.39 is 5.91 Å². The van der Waals surface area contributed by atoms with E-state index in [4.69, 9.17) is 8.83 Å². The highest BCUT2D eigenvalue weighted by atomic mass is 16.4. The van der Waals surface area contributed by atoms with Crippen molar-refractivity contribution in [3.63, 3.8) is 0 Å². The van der Waals surface area contributed by atoms with Gasteiger partial charge in [-0.05, 0) is 25.1 Å². The molecule has 0 atom stereocenters. The van der Waals surface area contributed by atoms with Crippen molar-refractivity contribution in [3.8, 4) is 0 Å². The number of rotatable bonds is 4. The molecule has 19 heavy (non-hydrogen) atoms. The van der Waals surface area contributed by atoms with Crippen LogP contribution in [-0.4, -0.2) is 26.2 Å². The molecule has 0 aliphatic heterocycles. The molecule has 0 spiro atoms. The van der Waals surface area contributed by atoms with Gasteiger partial charge in [0.05, 0.1) is 6.21 Å². The molecule has 0 fully saturated rings. The van der Waals surface area contributed by atoms with Gasteiger partial charge in [-0.1, -0.05) is 0 Å². The fourth-order valence-electron chi connectivity index (χ4n) is 1.42. The number of aryl methyl sites for hydroxylation is 1. The van der Waals surface area contributed by atoms with E-state index >= 15 is 0 Å². The van der Waals surface area contributed by atoms with Gasteiger partial charge in [-0.2, -0.15) is 5.10 Å². The molecule has 2 heterocycles. The van der Waals surface area contributed by atoms with Crippen LogP contribution in [0, 0.1) is 6.92 Å². The molecule has 0 saturated carbocycles. The molecule has 0 aliphatic rings. The van der Waals surface area contributed by atoms with E-state index in [0.717, 1.165) is 5.88 Å². The van der Waals surface area contributed by atoms with Crippen LogP contribution >= 0.6 is 0 Å². The Labute approximate surface area is 110 Å². The van der Waals surface area contributed by atoms with E-state index in [1.165, 1.54) is 6.21 Å². The van der Waals surface area contributed by atoms with E-state index in [0.29, 0.717) is 11.5 Å². The lowest BCUT2D eigenvalue weighted by Crippen LogP contribution is -2.16. The van der Waals surface area contributed by atoms with Gasteiger partial charge in [0.1, 0.15) is 11.5 Å². The van der Waals surface area contributed by atoms with Crippen molar-refractivity contribution in [2.24, 2.45) is 5.10 Å². The minimum atomic E-state index is -0.399. The first-order valence-electron chi connectivity index (χ1n) is 5.73. The van der Waals surface area contributed by atoms with Crippen LogP contribution < -0.4 is 10.3 Å². The van der Waals surface area contributed by atoms with Gasteiger partial charge in [0.15, 0.2) is 11.6 Å². The van der Waals surface area contributed by atoms with Gasteiger partial charge in [0.2, 0.25) is 0 Å². The van der Waals surface area contributed by atoms with Crippen molar-refractivity contribution < 1.29 is 13.6 Å². The smallest absolute Gasteiger partial charge is 0.307 e. The first-order chi connectivity index (χ1) is 9.06.